The minimum absolute atomic E-state index is 0.0340. The number of hydrogen-bond acceptors (Lipinski definition) is 4. The van der Waals surface area contributed by atoms with E-state index in [1.807, 2.05) is 42.2 Å². The fourth-order valence-corrected chi connectivity index (χ4v) is 4.65. The monoisotopic (exact) mass is 366 g/mol. The van der Waals surface area contributed by atoms with Crippen LogP contribution in [0.1, 0.15) is 35.0 Å². The molecule has 4 rings (SSSR count). The van der Waals surface area contributed by atoms with Crippen LogP contribution in [-0.2, 0) is 4.79 Å². The van der Waals surface area contributed by atoms with E-state index in [0.29, 0.717) is 0 Å². The number of likely N-dealkylation sites (tertiary alicyclic amines) is 1. The first-order chi connectivity index (χ1) is 12.6. The van der Waals surface area contributed by atoms with Crippen LogP contribution >= 0.6 is 11.3 Å². The maximum atomic E-state index is 12.8. The normalized spacial score (nSPS) is 17.0. The van der Waals surface area contributed by atoms with Crippen LogP contribution in [0.25, 0.3) is 10.2 Å². The van der Waals surface area contributed by atoms with E-state index in [2.05, 4.69) is 19.1 Å². The number of para-hydroxylation sites is 1. The SMILES string of the molecule is Cc1ccc(OCC(=O)N2CCCC2c2nc3ccccc3s2)c(C)c1. The van der Waals surface area contributed by atoms with Crippen molar-refractivity contribution in [3.8, 4) is 5.75 Å². The molecule has 2 aromatic carbocycles. The van der Waals surface area contributed by atoms with Gasteiger partial charge in [0, 0.05) is 6.54 Å². The van der Waals surface area contributed by atoms with Gasteiger partial charge < -0.3 is 9.64 Å². The number of carbonyl (C=O) groups excluding carboxylic acids is 1. The van der Waals surface area contributed by atoms with Crippen LogP contribution in [0.4, 0.5) is 0 Å². The van der Waals surface area contributed by atoms with Crippen molar-refractivity contribution in [2.45, 2.75) is 32.7 Å². The first-order valence-electron chi connectivity index (χ1n) is 8.97. The highest BCUT2D eigenvalue weighted by atomic mass is 32.1. The molecule has 4 nitrogen and oxygen atoms in total. The first kappa shape index (κ1) is 17.0. The van der Waals surface area contributed by atoms with E-state index in [0.717, 1.165) is 41.2 Å². The van der Waals surface area contributed by atoms with Gasteiger partial charge in [-0.05, 0) is 50.5 Å². The summed E-state index contributed by atoms with van der Waals surface area (Å²) in [4.78, 5) is 19.5. The summed E-state index contributed by atoms with van der Waals surface area (Å²) in [6.07, 6.45) is 1.98. The molecule has 1 aliphatic rings. The van der Waals surface area contributed by atoms with Gasteiger partial charge in [0.15, 0.2) is 6.61 Å². The number of fused-ring (bicyclic) bond motifs is 1. The van der Waals surface area contributed by atoms with E-state index in [1.54, 1.807) is 11.3 Å². The Morgan fingerprint density at radius 2 is 2.12 bits per heavy atom. The van der Waals surface area contributed by atoms with Gasteiger partial charge in [-0.15, -0.1) is 11.3 Å². The summed E-state index contributed by atoms with van der Waals surface area (Å²) in [5, 5.41) is 1.03. The summed E-state index contributed by atoms with van der Waals surface area (Å²) in [5.74, 6) is 0.811. The van der Waals surface area contributed by atoms with Crippen molar-refractivity contribution >= 4 is 27.5 Å². The molecule has 5 heteroatoms. The van der Waals surface area contributed by atoms with Crippen LogP contribution < -0.4 is 4.74 Å². The number of hydrogen-bond donors (Lipinski definition) is 0. The average molecular weight is 366 g/mol. The average Bonchev–Trinajstić information content (AvgIpc) is 3.27. The maximum absolute atomic E-state index is 12.8. The lowest BCUT2D eigenvalue weighted by molar-refractivity contribution is -0.134. The lowest BCUT2D eigenvalue weighted by Crippen LogP contribution is -2.34. The van der Waals surface area contributed by atoms with Gasteiger partial charge in [0.1, 0.15) is 10.8 Å². The Kier molecular flexibility index (Phi) is 4.64. The number of rotatable bonds is 4. The van der Waals surface area contributed by atoms with E-state index in [-0.39, 0.29) is 18.6 Å². The van der Waals surface area contributed by atoms with Crippen molar-refractivity contribution in [2.24, 2.45) is 0 Å². The Balaban J connectivity index is 1.48. The van der Waals surface area contributed by atoms with Crippen LogP contribution in [0.2, 0.25) is 0 Å². The van der Waals surface area contributed by atoms with Crippen molar-refractivity contribution in [3.05, 3.63) is 58.6 Å². The summed E-state index contributed by atoms with van der Waals surface area (Å²) < 4.78 is 6.98. The quantitative estimate of drug-likeness (QED) is 0.675. The Bertz CT molecular complexity index is 917. The molecule has 26 heavy (non-hydrogen) atoms. The number of aryl methyl sites for hydroxylation is 2. The summed E-state index contributed by atoms with van der Waals surface area (Å²) in [7, 11) is 0. The van der Waals surface area contributed by atoms with Gasteiger partial charge in [-0.1, -0.05) is 29.8 Å². The second-order valence-corrected chi connectivity index (χ2v) is 7.88. The van der Waals surface area contributed by atoms with E-state index in [1.165, 1.54) is 10.3 Å². The van der Waals surface area contributed by atoms with Gasteiger partial charge in [0.25, 0.3) is 5.91 Å². The van der Waals surface area contributed by atoms with Crippen LogP contribution in [0.5, 0.6) is 5.75 Å². The standard InChI is InChI=1S/C21H22N2O2S/c1-14-9-10-18(15(2)12-14)25-13-20(24)23-11-5-7-17(23)21-22-16-6-3-4-8-19(16)26-21/h3-4,6,8-10,12,17H,5,7,11,13H2,1-2H3. The number of thiazole rings is 1. The zero-order valence-electron chi connectivity index (χ0n) is 15.1. The lowest BCUT2D eigenvalue weighted by atomic mass is 10.1. The lowest BCUT2D eigenvalue weighted by Gasteiger charge is -2.23. The summed E-state index contributed by atoms with van der Waals surface area (Å²) in [6, 6.07) is 14.2. The van der Waals surface area contributed by atoms with Gasteiger partial charge in [0.2, 0.25) is 0 Å². The third-order valence-electron chi connectivity index (χ3n) is 4.85. The molecule has 134 valence electrons. The summed E-state index contributed by atoms with van der Waals surface area (Å²) in [6.45, 7) is 4.91. The molecule has 0 radical (unpaired) electrons. The van der Waals surface area contributed by atoms with Crippen molar-refractivity contribution in [1.29, 1.82) is 0 Å². The first-order valence-corrected chi connectivity index (χ1v) is 9.78. The second-order valence-electron chi connectivity index (χ2n) is 6.82. The van der Waals surface area contributed by atoms with Crippen molar-refractivity contribution < 1.29 is 9.53 Å². The number of amides is 1. The highest BCUT2D eigenvalue weighted by molar-refractivity contribution is 7.18. The fourth-order valence-electron chi connectivity index (χ4n) is 3.54. The second kappa shape index (κ2) is 7.08. The van der Waals surface area contributed by atoms with E-state index < -0.39 is 0 Å². The molecular formula is C21H22N2O2S. The number of benzene rings is 2. The van der Waals surface area contributed by atoms with Crippen LogP contribution in [-0.4, -0.2) is 28.9 Å². The highest BCUT2D eigenvalue weighted by Crippen LogP contribution is 2.36. The van der Waals surface area contributed by atoms with Crippen molar-refractivity contribution in [3.63, 3.8) is 0 Å². The molecule has 0 N–H and O–H groups in total. The summed E-state index contributed by atoms with van der Waals surface area (Å²) >= 11 is 1.69. The van der Waals surface area contributed by atoms with Gasteiger partial charge in [-0.25, -0.2) is 4.98 Å². The highest BCUT2D eigenvalue weighted by Gasteiger charge is 2.32. The topological polar surface area (TPSA) is 42.4 Å². The van der Waals surface area contributed by atoms with Crippen LogP contribution in [0.3, 0.4) is 0 Å². The van der Waals surface area contributed by atoms with Crippen molar-refractivity contribution in [2.75, 3.05) is 13.2 Å². The molecule has 2 heterocycles. The molecule has 1 saturated heterocycles. The molecule has 1 amide bonds. The molecule has 1 fully saturated rings. The zero-order chi connectivity index (χ0) is 18.1. The number of carbonyl (C=O) groups is 1. The maximum Gasteiger partial charge on any atom is 0.261 e. The van der Waals surface area contributed by atoms with Gasteiger partial charge >= 0.3 is 0 Å². The van der Waals surface area contributed by atoms with Gasteiger partial charge in [-0.3, -0.25) is 4.79 Å². The molecule has 3 aromatic rings. The van der Waals surface area contributed by atoms with Crippen LogP contribution in [0.15, 0.2) is 42.5 Å². The van der Waals surface area contributed by atoms with Crippen LogP contribution in [0, 0.1) is 13.8 Å². The minimum Gasteiger partial charge on any atom is -0.483 e. The molecule has 1 aliphatic heterocycles. The largest absolute Gasteiger partial charge is 0.483 e. The van der Waals surface area contributed by atoms with Gasteiger partial charge in [0.05, 0.1) is 16.3 Å². The fraction of sp³-hybridized carbons (Fsp3) is 0.333. The van der Waals surface area contributed by atoms with E-state index in [9.17, 15) is 4.79 Å². The molecule has 1 unspecified atom stereocenters. The molecule has 1 atom stereocenters. The predicted octanol–water partition coefficient (Wildman–Crippen LogP) is 4.66. The molecule has 0 bridgehead atoms. The van der Waals surface area contributed by atoms with Gasteiger partial charge in [-0.2, -0.15) is 0 Å². The Morgan fingerprint density at radius 1 is 1.27 bits per heavy atom. The van der Waals surface area contributed by atoms with Crippen molar-refractivity contribution in [1.82, 2.24) is 9.88 Å². The third kappa shape index (κ3) is 3.31. The molecule has 0 aliphatic carbocycles. The van der Waals surface area contributed by atoms with E-state index in [4.69, 9.17) is 9.72 Å². The number of nitrogens with zero attached hydrogens (tertiary/aromatic N) is 2. The Labute approximate surface area is 157 Å². The predicted molar refractivity (Wildman–Crippen MR) is 105 cm³/mol. The minimum atomic E-state index is 0.0340. The summed E-state index contributed by atoms with van der Waals surface area (Å²) in [5.41, 5.74) is 3.26. The van der Waals surface area contributed by atoms with E-state index >= 15 is 0 Å². The molecular weight excluding hydrogens is 344 g/mol. The smallest absolute Gasteiger partial charge is 0.261 e. The zero-order valence-corrected chi connectivity index (χ0v) is 15.9. The third-order valence-corrected chi connectivity index (χ3v) is 5.99. The Hall–Kier alpha value is -2.40. The Morgan fingerprint density at radius 3 is 2.92 bits per heavy atom. The number of aromatic nitrogens is 1. The molecule has 0 saturated carbocycles. The molecule has 0 spiro atoms. The molecule has 1 aromatic heterocycles. The number of ether oxygens (including phenoxy) is 1.